The third kappa shape index (κ3) is 5.88. The fourth-order valence-corrected chi connectivity index (χ4v) is 6.60. The molecule has 226 valence electrons. The zero-order valence-electron chi connectivity index (χ0n) is 24.9. The van der Waals surface area contributed by atoms with Crippen molar-refractivity contribution in [2.45, 2.75) is 58.0 Å². The van der Waals surface area contributed by atoms with Crippen LogP contribution < -0.4 is 14.4 Å². The van der Waals surface area contributed by atoms with E-state index in [9.17, 15) is 0 Å². The highest BCUT2D eigenvalue weighted by Gasteiger charge is 2.33. The quantitative estimate of drug-likeness (QED) is 0.311. The van der Waals surface area contributed by atoms with Gasteiger partial charge in [0.05, 0.1) is 24.3 Å². The number of methoxy groups -OCH3 is 1. The molecule has 3 aromatic rings. The van der Waals surface area contributed by atoms with Crippen LogP contribution in [-0.2, 0) is 0 Å². The van der Waals surface area contributed by atoms with Gasteiger partial charge >= 0.3 is 6.01 Å². The largest absolute Gasteiger partial charge is 0.496 e. The molecule has 0 amide bonds. The van der Waals surface area contributed by atoms with Crippen LogP contribution in [0.15, 0.2) is 24.3 Å². The smallest absolute Gasteiger partial charge is 0.319 e. The number of aromatic nitrogens is 2. The Kier molecular flexibility index (Phi) is 8.19. The van der Waals surface area contributed by atoms with Crippen molar-refractivity contribution in [3.8, 4) is 22.9 Å². The summed E-state index contributed by atoms with van der Waals surface area (Å²) < 4.78 is 43.2. The van der Waals surface area contributed by atoms with Crippen LogP contribution in [0.3, 0.4) is 0 Å². The van der Waals surface area contributed by atoms with Crippen LogP contribution in [0.4, 0.5) is 14.6 Å². The van der Waals surface area contributed by atoms with Crippen molar-refractivity contribution in [3.05, 3.63) is 40.9 Å². The molecule has 1 aromatic heterocycles. The molecule has 10 heteroatoms. The number of ether oxygens (including phenoxy) is 2. The molecule has 0 N–H and O–H groups in total. The average molecular weight is 600 g/mol. The Morgan fingerprint density at radius 2 is 1.67 bits per heavy atom. The molecular weight excluding hydrogens is 560 g/mol. The van der Waals surface area contributed by atoms with E-state index in [-0.39, 0.29) is 39.0 Å². The molecule has 0 radical (unpaired) electrons. The van der Waals surface area contributed by atoms with Gasteiger partial charge in [0.25, 0.3) is 0 Å². The van der Waals surface area contributed by atoms with E-state index in [4.69, 9.17) is 26.1 Å². The number of anilines is 1. The predicted octanol–water partition coefficient (Wildman–Crippen LogP) is 6.41. The zero-order chi connectivity index (χ0) is 29.6. The first-order valence-corrected chi connectivity index (χ1v) is 15.4. The van der Waals surface area contributed by atoms with Crippen molar-refractivity contribution >= 4 is 28.3 Å². The summed E-state index contributed by atoms with van der Waals surface area (Å²) in [5.74, 6) is -0.181. The first kappa shape index (κ1) is 29.3. The van der Waals surface area contributed by atoms with E-state index in [1.807, 2.05) is 0 Å². The Morgan fingerprint density at radius 3 is 2.31 bits per heavy atom. The first-order valence-electron chi connectivity index (χ1n) is 15.0. The third-order valence-electron chi connectivity index (χ3n) is 8.98. The molecule has 1 aliphatic carbocycles. The van der Waals surface area contributed by atoms with Crippen LogP contribution in [0.5, 0.6) is 11.8 Å². The first-order chi connectivity index (χ1) is 20.1. The Bertz CT molecular complexity index is 1450. The number of halogens is 3. The number of nitrogens with zero attached hydrogens (tertiary/aromatic N) is 5. The van der Waals surface area contributed by atoms with E-state index in [1.165, 1.54) is 32.1 Å². The molecule has 3 heterocycles. The molecular formula is C32H40ClF2N5O2. The van der Waals surface area contributed by atoms with Crippen LogP contribution in [0.1, 0.15) is 46.5 Å². The van der Waals surface area contributed by atoms with E-state index in [0.29, 0.717) is 36.8 Å². The lowest BCUT2D eigenvalue weighted by Crippen LogP contribution is -2.53. The molecule has 0 atom stereocenters. The highest BCUT2D eigenvalue weighted by Crippen LogP contribution is 2.43. The van der Waals surface area contributed by atoms with Gasteiger partial charge in [-0.1, -0.05) is 17.7 Å². The fourth-order valence-electron chi connectivity index (χ4n) is 6.32. The maximum atomic E-state index is 16.5. The van der Waals surface area contributed by atoms with Gasteiger partial charge in [-0.05, 0) is 83.7 Å². The average Bonchev–Trinajstić information content (AvgIpc) is 3.82. The van der Waals surface area contributed by atoms with Crippen LogP contribution in [0, 0.1) is 17.6 Å². The Morgan fingerprint density at radius 1 is 0.952 bits per heavy atom. The summed E-state index contributed by atoms with van der Waals surface area (Å²) in [4.78, 5) is 16.5. The van der Waals surface area contributed by atoms with Gasteiger partial charge in [0.2, 0.25) is 0 Å². The molecule has 3 aliphatic rings. The van der Waals surface area contributed by atoms with E-state index < -0.39 is 11.6 Å². The highest BCUT2D eigenvalue weighted by molar-refractivity contribution is 6.34. The zero-order valence-corrected chi connectivity index (χ0v) is 25.7. The Hall–Kier alpha value is -2.75. The van der Waals surface area contributed by atoms with Crippen LogP contribution in [0.25, 0.3) is 22.0 Å². The number of fused-ring (bicyclic) bond motifs is 1. The molecule has 0 unspecified atom stereocenters. The molecule has 6 rings (SSSR count). The number of hydrogen-bond donors (Lipinski definition) is 0. The summed E-state index contributed by atoms with van der Waals surface area (Å²) in [7, 11) is 1.42. The molecule has 1 saturated carbocycles. The fraction of sp³-hybridized carbons (Fsp3) is 0.562. The summed E-state index contributed by atoms with van der Waals surface area (Å²) in [6.07, 6.45) is 4.75. The van der Waals surface area contributed by atoms with Gasteiger partial charge < -0.3 is 19.3 Å². The summed E-state index contributed by atoms with van der Waals surface area (Å²) in [6.45, 7) is 12.4. The van der Waals surface area contributed by atoms with Gasteiger partial charge in [-0.3, -0.25) is 4.90 Å². The van der Waals surface area contributed by atoms with Crippen LogP contribution >= 0.6 is 11.6 Å². The standard InChI is InChI=1S/C32H40ClF2N5O2/c1-32(2,3)40-16-14-39(15-17-40)30-22-18-23(33)26(27-24(34)6-5-7-25(27)41-4)28(35)29(22)36-31(37-30)42-19-20-10-12-38(13-11-20)21-8-9-21/h5-7,18,20-21H,8-17,19H2,1-4H3. The maximum absolute atomic E-state index is 16.5. The molecule has 42 heavy (non-hydrogen) atoms. The topological polar surface area (TPSA) is 54.0 Å². The monoisotopic (exact) mass is 599 g/mol. The lowest BCUT2D eigenvalue weighted by Gasteiger charge is -2.42. The van der Waals surface area contributed by atoms with Gasteiger partial charge in [0, 0.05) is 48.7 Å². The Balaban J connectivity index is 1.36. The molecule has 7 nitrogen and oxygen atoms in total. The molecule has 2 saturated heterocycles. The van der Waals surface area contributed by atoms with Crippen LogP contribution in [-0.4, -0.2) is 84.3 Å². The van der Waals surface area contributed by atoms with Crippen molar-refractivity contribution < 1.29 is 18.3 Å². The van der Waals surface area contributed by atoms with Gasteiger partial charge in [-0.25, -0.2) is 8.78 Å². The van der Waals surface area contributed by atoms with Crippen molar-refractivity contribution in [2.24, 2.45) is 5.92 Å². The second kappa shape index (κ2) is 11.7. The van der Waals surface area contributed by atoms with Crippen molar-refractivity contribution in [1.82, 2.24) is 19.8 Å². The van der Waals surface area contributed by atoms with E-state index in [0.717, 1.165) is 45.1 Å². The summed E-state index contributed by atoms with van der Waals surface area (Å²) in [6, 6.07) is 6.91. The summed E-state index contributed by atoms with van der Waals surface area (Å²) in [5.41, 5.74) is -0.0127. The minimum atomic E-state index is -0.722. The lowest BCUT2D eigenvalue weighted by molar-refractivity contribution is 0.127. The lowest BCUT2D eigenvalue weighted by atomic mass is 9.98. The molecule has 3 fully saturated rings. The summed E-state index contributed by atoms with van der Waals surface area (Å²) in [5, 5.41) is 0.545. The van der Waals surface area contributed by atoms with Crippen molar-refractivity contribution in [3.63, 3.8) is 0 Å². The van der Waals surface area contributed by atoms with Gasteiger partial charge in [0.1, 0.15) is 22.9 Å². The van der Waals surface area contributed by atoms with E-state index >= 15 is 8.78 Å². The normalized spacial score (nSPS) is 19.5. The van der Waals surface area contributed by atoms with Crippen LogP contribution in [0.2, 0.25) is 5.02 Å². The predicted molar refractivity (Wildman–Crippen MR) is 163 cm³/mol. The molecule has 2 aromatic carbocycles. The number of rotatable bonds is 7. The molecule has 0 bridgehead atoms. The van der Waals surface area contributed by atoms with Gasteiger partial charge in [0.15, 0.2) is 5.82 Å². The molecule has 0 spiro atoms. The number of piperazine rings is 1. The van der Waals surface area contributed by atoms with Gasteiger partial charge in [-0.15, -0.1) is 0 Å². The number of benzene rings is 2. The number of piperidine rings is 1. The van der Waals surface area contributed by atoms with Gasteiger partial charge in [-0.2, -0.15) is 9.97 Å². The number of hydrogen-bond acceptors (Lipinski definition) is 7. The minimum Gasteiger partial charge on any atom is -0.496 e. The number of likely N-dealkylation sites (tertiary alicyclic amines) is 1. The maximum Gasteiger partial charge on any atom is 0.319 e. The third-order valence-corrected chi connectivity index (χ3v) is 9.27. The second-order valence-corrected chi connectivity index (χ2v) is 13.2. The second-order valence-electron chi connectivity index (χ2n) is 12.8. The van der Waals surface area contributed by atoms with Crippen molar-refractivity contribution in [1.29, 1.82) is 0 Å². The van der Waals surface area contributed by atoms with Crippen molar-refractivity contribution in [2.75, 3.05) is 57.9 Å². The minimum absolute atomic E-state index is 0.0340. The Labute approximate surface area is 251 Å². The van der Waals surface area contributed by atoms with E-state index in [1.54, 1.807) is 12.1 Å². The SMILES string of the molecule is COc1cccc(F)c1-c1c(Cl)cc2c(N3CCN(C(C)(C)C)CC3)nc(OCC3CCN(C4CC4)CC3)nc2c1F. The summed E-state index contributed by atoms with van der Waals surface area (Å²) >= 11 is 6.70. The highest BCUT2D eigenvalue weighted by atomic mass is 35.5. The van der Waals surface area contributed by atoms with E-state index in [2.05, 4.69) is 40.5 Å². The molecule has 2 aliphatic heterocycles.